The molecule has 1 atom stereocenters. The third kappa shape index (κ3) is 4.64. The minimum atomic E-state index is 0.380. The number of nitrogens with one attached hydrogen (secondary N) is 1. The number of piperidine rings is 1. The Hall–Kier alpha value is -0.840. The number of likely N-dealkylation sites (tertiary alicyclic amines) is 1. The van der Waals surface area contributed by atoms with E-state index in [2.05, 4.69) is 36.2 Å². The van der Waals surface area contributed by atoms with Gasteiger partial charge in [0.25, 0.3) is 0 Å². The molecule has 1 aliphatic rings. The third-order valence-corrected chi connectivity index (χ3v) is 3.58. The summed E-state index contributed by atoms with van der Waals surface area (Å²) in [6, 6.07) is 4.65. The Kier molecular flexibility index (Phi) is 5.43. The van der Waals surface area contributed by atoms with Gasteiger partial charge in [-0.05, 0) is 31.5 Å². The number of nitrogens with zero attached hydrogens (tertiary/aromatic N) is 1. The molecular formula is C15H26N2O2. The molecule has 1 aromatic heterocycles. The van der Waals surface area contributed by atoms with E-state index < -0.39 is 0 Å². The molecule has 0 spiro atoms. The minimum Gasteiger partial charge on any atom is -0.463 e. The SMILES string of the molecule is COC1CCCN(Cc2ccc(CNC(C)C)o2)C1. The molecule has 1 aliphatic heterocycles. The van der Waals surface area contributed by atoms with Crippen molar-refractivity contribution in [3.63, 3.8) is 0 Å². The van der Waals surface area contributed by atoms with Gasteiger partial charge in [-0.15, -0.1) is 0 Å². The first-order valence-corrected chi connectivity index (χ1v) is 7.23. The number of furan rings is 1. The molecule has 108 valence electrons. The van der Waals surface area contributed by atoms with Crippen molar-refractivity contribution < 1.29 is 9.15 Å². The standard InChI is InChI=1S/C15H26N2O2/c1-12(2)16-9-13-6-7-15(19-13)11-17-8-4-5-14(10-17)18-3/h6-7,12,14,16H,4-5,8-11H2,1-3H3. The molecule has 0 aliphatic carbocycles. The smallest absolute Gasteiger partial charge is 0.118 e. The molecule has 0 bridgehead atoms. The van der Waals surface area contributed by atoms with Crippen LogP contribution in [0.3, 0.4) is 0 Å². The summed E-state index contributed by atoms with van der Waals surface area (Å²) in [7, 11) is 1.80. The Morgan fingerprint density at radius 1 is 1.42 bits per heavy atom. The van der Waals surface area contributed by atoms with E-state index >= 15 is 0 Å². The Labute approximate surface area is 116 Å². The first kappa shape index (κ1) is 14.6. The molecule has 1 fully saturated rings. The molecular weight excluding hydrogens is 240 g/mol. The number of ether oxygens (including phenoxy) is 1. The second kappa shape index (κ2) is 7.08. The Morgan fingerprint density at radius 3 is 2.95 bits per heavy atom. The van der Waals surface area contributed by atoms with Crippen LogP contribution in [0.4, 0.5) is 0 Å². The zero-order valence-corrected chi connectivity index (χ0v) is 12.3. The highest BCUT2D eigenvalue weighted by molar-refractivity contribution is 5.07. The van der Waals surface area contributed by atoms with Crippen LogP contribution in [0.2, 0.25) is 0 Å². The summed E-state index contributed by atoms with van der Waals surface area (Å²) in [4.78, 5) is 2.41. The van der Waals surface area contributed by atoms with Crippen LogP contribution in [0.5, 0.6) is 0 Å². The summed E-state index contributed by atoms with van der Waals surface area (Å²) >= 11 is 0. The molecule has 4 nitrogen and oxygen atoms in total. The Balaban J connectivity index is 1.82. The van der Waals surface area contributed by atoms with Gasteiger partial charge in [-0.1, -0.05) is 13.8 Å². The van der Waals surface area contributed by atoms with Crippen LogP contribution in [0.15, 0.2) is 16.5 Å². The minimum absolute atomic E-state index is 0.380. The van der Waals surface area contributed by atoms with Gasteiger partial charge in [-0.2, -0.15) is 0 Å². The third-order valence-electron chi connectivity index (χ3n) is 3.58. The van der Waals surface area contributed by atoms with Crippen LogP contribution in [0.1, 0.15) is 38.2 Å². The molecule has 0 amide bonds. The predicted molar refractivity (Wildman–Crippen MR) is 76.0 cm³/mol. The van der Waals surface area contributed by atoms with Gasteiger partial charge < -0.3 is 14.5 Å². The van der Waals surface area contributed by atoms with Gasteiger partial charge in [0.1, 0.15) is 11.5 Å². The highest BCUT2D eigenvalue weighted by atomic mass is 16.5. The number of methoxy groups -OCH3 is 1. The lowest BCUT2D eigenvalue weighted by Crippen LogP contribution is -2.38. The van der Waals surface area contributed by atoms with Crippen molar-refractivity contribution in [1.82, 2.24) is 10.2 Å². The highest BCUT2D eigenvalue weighted by Crippen LogP contribution is 2.17. The summed E-state index contributed by atoms with van der Waals surface area (Å²) < 4.78 is 11.3. The maximum absolute atomic E-state index is 5.86. The lowest BCUT2D eigenvalue weighted by molar-refractivity contribution is 0.0262. The molecule has 1 saturated heterocycles. The van der Waals surface area contributed by atoms with Gasteiger partial charge in [0.05, 0.1) is 19.2 Å². The molecule has 19 heavy (non-hydrogen) atoms. The van der Waals surface area contributed by atoms with Crippen molar-refractivity contribution in [2.24, 2.45) is 0 Å². The monoisotopic (exact) mass is 266 g/mol. The van der Waals surface area contributed by atoms with Gasteiger partial charge in [0.15, 0.2) is 0 Å². The molecule has 0 aromatic carbocycles. The average molecular weight is 266 g/mol. The van der Waals surface area contributed by atoms with E-state index in [0.29, 0.717) is 12.1 Å². The quantitative estimate of drug-likeness (QED) is 0.858. The van der Waals surface area contributed by atoms with Crippen LogP contribution in [0.25, 0.3) is 0 Å². The lowest BCUT2D eigenvalue weighted by Gasteiger charge is -2.31. The first-order valence-electron chi connectivity index (χ1n) is 7.23. The summed E-state index contributed by atoms with van der Waals surface area (Å²) in [5, 5.41) is 3.37. The van der Waals surface area contributed by atoms with Crippen molar-refractivity contribution in [1.29, 1.82) is 0 Å². The van der Waals surface area contributed by atoms with Crippen molar-refractivity contribution in [3.05, 3.63) is 23.7 Å². The fraction of sp³-hybridized carbons (Fsp3) is 0.733. The molecule has 1 aromatic rings. The number of rotatable bonds is 6. The van der Waals surface area contributed by atoms with Gasteiger partial charge in [0, 0.05) is 19.7 Å². The maximum Gasteiger partial charge on any atom is 0.118 e. The van der Waals surface area contributed by atoms with E-state index in [4.69, 9.17) is 9.15 Å². The van der Waals surface area contributed by atoms with E-state index in [1.807, 2.05) is 0 Å². The highest BCUT2D eigenvalue weighted by Gasteiger charge is 2.20. The second-order valence-corrected chi connectivity index (χ2v) is 5.64. The molecule has 0 radical (unpaired) electrons. The first-order chi connectivity index (χ1) is 9.17. The topological polar surface area (TPSA) is 37.6 Å². The van der Waals surface area contributed by atoms with E-state index in [1.54, 1.807) is 7.11 Å². The van der Waals surface area contributed by atoms with Gasteiger partial charge in [-0.25, -0.2) is 0 Å². The van der Waals surface area contributed by atoms with Crippen LogP contribution < -0.4 is 5.32 Å². The lowest BCUT2D eigenvalue weighted by atomic mass is 10.1. The molecule has 4 heteroatoms. The normalized spacial score (nSPS) is 21.2. The average Bonchev–Trinajstić information content (AvgIpc) is 2.84. The van der Waals surface area contributed by atoms with Crippen LogP contribution in [-0.2, 0) is 17.8 Å². The van der Waals surface area contributed by atoms with Crippen molar-refractivity contribution in [3.8, 4) is 0 Å². The van der Waals surface area contributed by atoms with Gasteiger partial charge >= 0.3 is 0 Å². The zero-order chi connectivity index (χ0) is 13.7. The van der Waals surface area contributed by atoms with E-state index in [-0.39, 0.29) is 0 Å². The van der Waals surface area contributed by atoms with E-state index in [1.165, 1.54) is 12.8 Å². The van der Waals surface area contributed by atoms with Crippen LogP contribution in [0, 0.1) is 0 Å². The van der Waals surface area contributed by atoms with Crippen LogP contribution >= 0.6 is 0 Å². The Bertz CT molecular complexity index is 376. The van der Waals surface area contributed by atoms with Crippen molar-refractivity contribution in [2.75, 3.05) is 20.2 Å². The largest absolute Gasteiger partial charge is 0.463 e. The van der Waals surface area contributed by atoms with Crippen molar-refractivity contribution >= 4 is 0 Å². The molecule has 1 unspecified atom stereocenters. The van der Waals surface area contributed by atoms with Crippen molar-refractivity contribution in [2.45, 2.75) is 51.9 Å². The second-order valence-electron chi connectivity index (χ2n) is 5.64. The van der Waals surface area contributed by atoms with E-state index in [9.17, 15) is 0 Å². The number of hydrogen-bond acceptors (Lipinski definition) is 4. The maximum atomic E-state index is 5.86. The van der Waals surface area contributed by atoms with Gasteiger partial charge in [-0.3, -0.25) is 4.90 Å². The molecule has 2 heterocycles. The molecule has 0 saturated carbocycles. The summed E-state index contributed by atoms with van der Waals surface area (Å²) in [6.07, 6.45) is 2.76. The summed E-state index contributed by atoms with van der Waals surface area (Å²) in [5.74, 6) is 2.07. The summed E-state index contributed by atoms with van der Waals surface area (Å²) in [6.45, 7) is 8.13. The number of hydrogen-bond donors (Lipinski definition) is 1. The van der Waals surface area contributed by atoms with E-state index in [0.717, 1.165) is 37.7 Å². The molecule has 2 rings (SSSR count). The summed E-state index contributed by atoms with van der Waals surface area (Å²) in [5.41, 5.74) is 0. The molecule has 1 N–H and O–H groups in total. The van der Waals surface area contributed by atoms with Gasteiger partial charge in [0.2, 0.25) is 0 Å². The van der Waals surface area contributed by atoms with Crippen LogP contribution in [-0.4, -0.2) is 37.2 Å². The fourth-order valence-corrected chi connectivity index (χ4v) is 2.48. The fourth-order valence-electron chi connectivity index (χ4n) is 2.48. The Morgan fingerprint density at radius 2 is 2.21 bits per heavy atom. The predicted octanol–water partition coefficient (Wildman–Crippen LogP) is 2.39. The zero-order valence-electron chi connectivity index (χ0n) is 12.3.